The number of aromatic amines is 1. The van der Waals surface area contributed by atoms with Crippen LogP contribution in [-0.4, -0.2) is 44.9 Å². The van der Waals surface area contributed by atoms with Gasteiger partial charge in [-0.25, -0.2) is 4.79 Å². The number of H-pyrrole nitrogens is 1. The van der Waals surface area contributed by atoms with E-state index in [1.165, 1.54) is 5.69 Å². The number of aromatic hydroxyl groups is 1. The highest BCUT2D eigenvalue weighted by atomic mass is 16.4. The van der Waals surface area contributed by atoms with E-state index >= 15 is 0 Å². The molecule has 2 fully saturated rings. The van der Waals surface area contributed by atoms with Crippen molar-refractivity contribution < 1.29 is 15.0 Å². The number of aryl methyl sites for hydroxylation is 1. The number of nitrogens with zero attached hydrogens (tertiary/aromatic N) is 1. The predicted molar refractivity (Wildman–Crippen MR) is 117 cm³/mol. The smallest absolute Gasteiger partial charge is 0.345 e. The average molecular weight is 422 g/mol. The molecule has 2 unspecified atom stereocenters. The van der Waals surface area contributed by atoms with E-state index in [1.807, 2.05) is 32.2 Å². The number of carbonyl (C=O) groups is 1. The molecule has 31 heavy (non-hydrogen) atoms. The van der Waals surface area contributed by atoms with Crippen LogP contribution in [0.4, 0.5) is 0 Å². The number of aromatic carboxylic acids is 1. The zero-order valence-corrected chi connectivity index (χ0v) is 17.5. The van der Waals surface area contributed by atoms with Gasteiger partial charge in [-0.15, -0.1) is 0 Å². The third-order valence-electron chi connectivity index (χ3n) is 6.90. The SMILES string of the molecule is CCc1c(-c2ccc3c(c2)cc(CNC2C4CNCC42)n3C)[nH]c(=O)c(C(=O)O)c1O. The van der Waals surface area contributed by atoms with Crippen molar-refractivity contribution in [1.82, 2.24) is 20.2 Å². The second kappa shape index (κ2) is 7.25. The van der Waals surface area contributed by atoms with Gasteiger partial charge in [-0.2, -0.15) is 0 Å². The van der Waals surface area contributed by atoms with Crippen LogP contribution in [0.2, 0.25) is 0 Å². The Hall–Kier alpha value is -3.10. The summed E-state index contributed by atoms with van der Waals surface area (Å²) in [5.74, 6) is -0.387. The summed E-state index contributed by atoms with van der Waals surface area (Å²) in [7, 11) is 2.04. The Morgan fingerprint density at radius 3 is 2.68 bits per heavy atom. The number of carboxylic acid groups (broad SMARTS) is 1. The van der Waals surface area contributed by atoms with Crippen molar-refractivity contribution >= 4 is 16.9 Å². The summed E-state index contributed by atoms with van der Waals surface area (Å²) in [6.07, 6.45) is 0.388. The monoisotopic (exact) mass is 422 g/mol. The molecule has 5 N–H and O–H groups in total. The number of benzene rings is 1. The lowest BCUT2D eigenvalue weighted by atomic mass is 9.99. The zero-order valence-electron chi connectivity index (χ0n) is 17.5. The van der Waals surface area contributed by atoms with Crippen LogP contribution in [0.3, 0.4) is 0 Å². The highest BCUT2D eigenvalue weighted by Crippen LogP contribution is 2.41. The summed E-state index contributed by atoms with van der Waals surface area (Å²) in [4.78, 5) is 26.3. The number of piperidine rings is 1. The van der Waals surface area contributed by atoms with Crippen molar-refractivity contribution in [3.63, 3.8) is 0 Å². The summed E-state index contributed by atoms with van der Waals surface area (Å²) < 4.78 is 2.16. The number of aromatic nitrogens is 2. The van der Waals surface area contributed by atoms with Crippen LogP contribution >= 0.6 is 0 Å². The molecule has 0 amide bonds. The van der Waals surface area contributed by atoms with Gasteiger partial charge in [0.1, 0.15) is 5.75 Å². The zero-order chi connectivity index (χ0) is 21.9. The second-order valence-corrected chi connectivity index (χ2v) is 8.55. The van der Waals surface area contributed by atoms with Crippen molar-refractivity contribution in [2.75, 3.05) is 13.1 Å². The maximum Gasteiger partial charge on any atom is 0.345 e. The normalized spacial score (nSPS) is 22.1. The van der Waals surface area contributed by atoms with Crippen LogP contribution in [0.15, 0.2) is 29.1 Å². The molecule has 0 radical (unpaired) electrons. The number of nitrogens with one attached hydrogen (secondary N) is 3. The highest BCUT2D eigenvalue weighted by Gasteiger charge is 2.52. The Balaban J connectivity index is 1.49. The van der Waals surface area contributed by atoms with Crippen LogP contribution in [0.25, 0.3) is 22.2 Å². The van der Waals surface area contributed by atoms with Crippen LogP contribution in [0.1, 0.15) is 28.5 Å². The van der Waals surface area contributed by atoms with Gasteiger partial charge in [0.2, 0.25) is 0 Å². The summed E-state index contributed by atoms with van der Waals surface area (Å²) >= 11 is 0. The van der Waals surface area contributed by atoms with Gasteiger partial charge in [-0.1, -0.05) is 13.0 Å². The molecule has 1 aromatic carbocycles. The molecule has 8 heteroatoms. The Bertz CT molecular complexity index is 1250. The molecule has 3 aromatic rings. The quantitative estimate of drug-likeness (QED) is 0.413. The lowest BCUT2D eigenvalue weighted by Gasteiger charge is -2.12. The molecular weight excluding hydrogens is 396 g/mol. The molecule has 162 valence electrons. The van der Waals surface area contributed by atoms with Gasteiger partial charge in [-0.05, 0) is 55.1 Å². The fourth-order valence-electron chi connectivity index (χ4n) is 5.09. The van der Waals surface area contributed by atoms with E-state index in [0.717, 1.165) is 47.9 Å². The fraction of sp³-hybridized carbons (Fsp3) is 0.391. The standard InChI is InChI=1S/C23H26N4O4/c1-3-14-19(26-22(29)18(21(14)28)23(30)31)11-4-5-17-12(6-11)7-13(27(17)2)8-25-20-15-9-24-10-16(15)20/h4-7,15-16,20,24-25H,3,8-10H2,1-2H3,(H,30,31)(H2,26,28,29). The third-order valence-corrected chi connectivity index (χ3v) is 6.90. The fourth-order valence-corrected chi connectivity index (χ4v) is 5.09. The molecule has 2 atom stereocenters. The van der Waals surface area contributed by atoms with Gasteiger partial charge in [0.05, 0.1) is 5.69 Å². The Morgan fingerprint density at radius 2 is 2.00 bits per heavy atom. The molecule has 1 aliphatic carbocycles. The first-order valence-electron chi connectivity index (χ1n) is 10.6. The molecule has 0 spiro atoms. The van der Waals surface area contributed by atoms with Crippen LogP contribution in [-0.2, 0) is 20.0 Å². The maximum absolute atomic E-state index is 12.3. The van der Waals surface area contributed by atoms with E-state index in [2.05, 4.69) is 26.3 Å². The first-order chi connectivity index (χ1) is 14.9. The van der Waals surface area contributed by atoms with Gasteiger partial charge in [-0.3, -0.25) is 4.79 Å². The topological polar surface area (TPSA) is 119 Å². The predicted octanol–water partition coefficient (Wildman–Crippen LogP) is 1.81. The van der Waals surface area contributed by atoms with Gasteiger partial charge >= 0.3 is 5.97 Å². The molecule has 3 heterocycles. The number of hydrogen-bond acceptors (Lipinski definition) is 5. The minimum absolute atomic E-state index is 0.388. The van der Waals surface area contributed by atoms with Crippen molar-refractivity contribution in [2.45, 2.75) is 25.9 Å². The molecule has 1 saturated carbocycles. The molecule has 0 bridgehead atoms. The Morgan fingerprint density at radius 1 is 1.26 bits per heavy atom. The summed E-state index contributed by atoms with van der Waals surface area (Å²) in [5, 5.41) is 27.8. The van der Waals surface area contributed by atoms with E-state index in [0.29, 0.717) is 23.7 Å². The number of pyridine rings is 1. The summed E-state index contributed by atoms with van der Waals surface area (Å²) in [6, 6.07) is 8.59. The van der Waals surface area contributed by atoms with E-state index in [-0.39, 0.29) is 0 Å². The number of fused-ring (bicyclic) bond motifs is 2. The largest absolute Gasteiger partial charge is 0.506 e. The van der Waals surface area contributed by atoms with Crippen molar-refractivity contribution in [1.29, 1.82) is 0 Å². The van der Waals surface area contributed by atoms with Crippen molar-refractivity contribution in [2.24, 2.45) is 18.9 Å². The van der Waals surface area contributed by atoms with Gasteiger partial charge < -0.3 is 30.4 Å². The first-order valence-corrected chi connectivity index (χ1v) is 10.6. The average Bonchev–Trinajstić information content (AvgIpc) is 3.05. The van der Waals surface area contributed by atoms with Crippen LogP contribution < -0.4 is 16.2 Å². The highest BCUT2D eigenvalue weighted by molar-refractivity contribution is 5.92. The number of carboxylic acids is 1. The molecule has 1 saturated heterocycles. The molecule has 5 rings (SSSR count). The van der Waals surface area contributed by atoms with Crippen molar-refractivity contribution in [3.8, 4) is 17.0 Å². The molecule has 2 aliphatic rings. The van der Waals surface area contributed by atoms with E-state index in [4.69, 9.17) is 0 Å². The van der Waals surface area contributed by atoms with Crippen LogP contribution in [0.5, 0.6) is 5.75 Å². The number of rotatable bonds is 6. The molecular formula is C23H26N4O4. The summed E-state index contributed by atoms with van der Waals surface area (Å²) in [5.41, 5.74) is 2.45. The van der Waals surface area contributed by atoms with Crippen molar-refractivity contribution in [3.05, 3.63) is 51.4 Å². The minimum Gasteiger partial charge on any atom is -0.506 e. The number of hydrogen-bond donors (Lipinski definition) is 5. The lowest BCUT2D eigenvalue weighted by Crippen LogP contribution is -2.27. The van der Waals surface area contributed by atoms with Crippen LogP contribution in [0, 0.1) is 11.8 Å². The Kier molecular flexibility index (Phi) is 4.64. The first kappa shape index (κ1) is 19.8. The molecule has 1 aliphatic heterocycles. The van der Waals surface area contributed by atoms with E-state index in [1.54, 1.807) is 0 Å². The van der Waals surface area contributed by atoms with E-state index in [9.17, 15) is 19.8 Å². The molecule has 2 aromatic heterocycles. The van der Waals surface area contributed by atoms with Gasteiger partial charge in [0, 0.05) is 41.8 Å². The van der Waals surface area contributed by atoms with E-state index < -0.39 is 22.8 Å². The lowest BCUT2D eigenvalue weighted by molar-refractivity contribution is 0.0691. The van der Waals surface area contributed by atoms with Gasteiger partial charge in [0.25, 0.3) is 5.56 Å². The third kappa shape index (κ3) is 3.14. The molecule has 8 nitrogen and oxygen atoms in total. The second-order valence-electron chi connectivity index (χ2n) is 8.55. The minimum atomic E-state index is -1.44. The Labute approximate surface area is 178 Å². The summed E-state index contributed by atoms with van der Waals surface area (Å²) in [6.45, 7) is 4.82. The van der Waals surface area contributed by atoms with Gasteiger partial charge in [0.15, 0.2) is 5.56 Å². The maximum atomic E-state index is 12.3.